The van der Waals surface area contributed by atoms with Gasteiger partial charge in [-0.1, -0.05) is 128 Å². The Kier molecular flexibility index (Phi) is 5.78. The Hall–Kier alpha value is -4.62. The molecule has 0 amide bonds. The molecule has 0 fully saturated rings. The monoisotopic (exact) mass is 501 g/mol. The number of anilines is 2. The zero-order valence-electron chi connectivity index (χ0n) is 22.1. The predicted molar refractivity (Wildman–Crippen MR) is 164 cm³/mol. The fraction of sp³-hybridized carbons (Fsp3) is 0.105. The normalized spacial score (nSPS) is 16.7. The van der Waals surface area contributed by atoms with Crippen molar-refractivity contribution in [3.63, 3.8) is 0 Å². The molecule has 1 heteroatoms. The summed E-state index contributed by atoms with van der Waals surface area (Å²) < 4.78 is 0. The SMILES string of the molecule is CC1CC=CC=C1c1ccc(Nc2cccc(C3(c4ccccc4)c4ccccc4-c4ccccc43)c2)cc1. The molecule has 39 heavy (non-hydrogen) atoms. The van der Waals surface area contributed by atoms with Crippen LogP contribution in [0, 0.1) is 5.92 Å². The first-order valence-electron chi connectivity index (χ1n) is 13.8. The lowest BCUT2D eigenvalue weighted by molar-refractivity contribution is 0.758. The van der Waals surface area contributed by atoms with E-state index in [1.54, 1.807) is 0 Å². The van der Waals surface area contributed by atoms with Gasteiger partial charge in [0.05, 0.1) is 5.41 Å². The summed E-state index contributed by atoms with van der Waals surface area (Å²) in [6.07, 6.45) is 7.78. The van der Waals surface area contributed by atoms with Crippen molar-refractivity contribution in [3.05, 3.63) is 173 Å². The van der Waals surface area contributed by atoms with Gasteiger partial charge in [0.25, 0.3) is 0 Å². The molecule has 5 aromatic carbocycles. The van der Waals surface area contributed by atoms with Crippen LogP contribution in [0.2, 0.25) is 0 Å². The highest BCUT2D eigenvalue weighted by Gasteiger charge is 2.45. The van der Waals surface area contributed by atoms with Gasteiger partial charge in [-0.15, -0.1) is 0 Å². The molecule has 0 spiro atoms. The number of allylic oxidation sites excluding steroid dienone is 4. The summed E-state index contributed by atoms with van der Waals surface area (Å²) in [6, 6.07) is 46.6. The molecule has 0 bridgehead atoms. The van der Waals surface area contributed by atoms with Gasteiger partial charge in [0.2, 0.25) is 0 Å². The third-order valence-electron chi connectivity index (χ3n) is 8.39. The molecule has 1 nitrogen and oxygen atoms in total. The first kappa shape index (κ1) is 23.5. The fourth-order valence-corrected chi connectivity index (χ4v) is 6.58. The van der Waals surface area contributed by atoms with Gasteiger partial charge in [-0.2, -0.15) is 0 Å². The summed E-state index contributed by atoms with van der Waals surface area (Å²) in [5, 5.41) is 3.69. The third kappa shape index (κ3) is 3.85. The van der Waals surface area contributed by atoms with E-state index in [1.807, 2.05) is 0 Å². The summed E-state index contributed by atoms with van der Waals surface area (Å²) in [5.74, 6) is 0.553. The number of benzene rings is 5. The van der Waals surface area contributed by atoms with Gasteiger partial charge >= 0.3 is 0 Å². The quantitative estimate of drug-likeness (QED) is 0.248. The van der Waals surface area contributed by atoms with Crippen molar-refractivity contribution < 1.29 is 0 Å². The van der Waals surface area contributed by atoms with Gasteiger partial charge in [0, 0.05) is 11.4 Å². The fourth-order valence-electron chi connectivity index (χ4n) is 6.58. The highest BCUT2D eigenvalue weighted by atomic mass is 14.9. The lowest BCUT2D eigenvalue weighted by atomic mass is 9.67. The van der Waals surface area contributed by atoms with Gasteiger partial charge in [0.1, 0.15) is 0 Å². The topological polar surface area (TPSA) is 12.0 Å². The molecule has 188 valence electrons. The van der Waals surface area contributed by atoms with E-state index in [2.05, 4.69) is 158 Å². The van der Waals surface area contributed by atoms with Crippen LogP contribution < -0.4 is 5.32 Å². The zero-order chi connectivity index (χ0) is 26.2. The van der Waals surface area contributed by atoms with E-state index in [0.717, 1.165) is 17.8 Å². The summed E-state index contributed by atoms with van der Waals surface area (Å²) in [4.78, 5) is 0. The van der Waals surface area contributed by atoms with Crippen molar-refractivity contribution in [3.8, 4) is 11.1 Å². The second kappa shape index (κ2) is 9.60. The van der Waals surface area contributed by atoms with Crippen molar-refractivity contribution in [1.29, 1.82) is 0 Å². The largest absolute Gasteiger partial charge is 0.356 e. The molecule has 0 saturated heterocycles. The van der Waals surface area contributed by atoms with Crippen molar-refractivity contribution >= 4 is 16.9 Å². The summed E-state index contributed by atoms with van der Waals surface area (Å²) in [5.41, 5.74) is 12.4. The van der Waals surface area contributed by atoms with Gasteiger partial charge in [-0.25, -0.2) is 0 Å². The Bertz CT molecular complexity index is 1660. The van der Waals surface area contributed by atoms with Crippen LogP contribution in [-0.2, 0) is 5.41 Å². The van der Waals surface area contributed by atoms with E-state index < -0.39 is 0 Å². The van der Waals surface area contributed by atoms with Crippen LogP contribution in [0.4, 0.5) is 11.4 Å². The molecule has 2 aliphatic carbocycles. The van der Waals surface area contributed by atoms with E-state index in [9.17, 15) is 0 Å². The van der Waals surface area contributed by atoms with Gasteiger partial charge < -0.3 is 5.32 Å². The van der Waals surface area contributed by atoms with Gasteiger partial charge in [-0.05, 0) is 81.1 Å². The molecule has 0 radical (unpaired) electrons. The molecule has 1 N–H and O–H groups in total. The zero-order valence-corrected chi connectivity index (χ0v) is 22.1. The Labute approximate surface area is 231 Å². The number of hydrogen-bond acceptors (Lipinski definition) is 1. The second-order valence-electron chi connectivity index (χ2n) is 10.7. The summed E-state index contributed by atoms with van der Waals surface area (Å²) in [6.45, 7) is 2.30. The lowest BCUT2D eigenvalue weighted by Crippen LogP contribution is -2.28. The molecule has 7 rings (SSSR count). The van der Waals surface area contributed by atoms with Gasteiger partial charge in [-0.3, -0.25) is 0 Å². The lowest BCUT2D eigenvalue weighted by Gasteiger charge is -2.34. The molecule has 0 heterocycles. The number of rotatable bonds is 5. The minimum atomic E-state index is -0.382. The van der Waals surface area contributed by atoms with Crippen LogP contribution in [0.3, 0.4) is 0 Å². The maximum absolute atomic E-state index is 3.69. The van der Waals surface area contributed by atoms with Crippen LogP contribution in [0.5, 0.6) is 0 Å². The first-order valence-corrected chi connectivity index (χ1v) is 13.8. The third-order valence-corrected chi connectivity index (χ3v) is 8.39. The van der Waals surface area contributed by atoms with Gasteiger partial charge in [0.15, 0.2) is 0 Å². The van der Waals surface area contributed by atoms with E-state index in [4.69, 9.17) is 0 Å². The summed E-state index contributed by atoms with van der Waals surface area (Å²) >= 11 is 0. The van der Waals surface area contributed by atoms with E-state index in [1.165, 1.54) is 44.5 Å². The van der Waals surface area contributed by atoms with Crippen LogP contribution >= 0.6 is 0 Å². The number of nitrogens with one attached hydrogen (secondary N) is 1. The highest BCUT2D eigenvalue weighted by Crippen LogP contribution is 2.56. The molecule has 2 aliphatic rings. The standard InChI is InChI=1S/C38H31N/c1-27-12-5-6-17-33(27)28-22-24-31(25-23-28)39-32-16-11-15-30(26-32)38(29-13-3-2-4-14-29)36-20-9-7-18-34(36)35-19-8-10-21-37(35)38/h2-11,13-27,39H,12H2,1H3. The number of hydrogen-bond donors (Lipinski definition) is 1. The molecular weight excluding hydrogens is 470 g/mol. The van der Waals surface area contributed by atoms with Crippen molar-refractivity contribution in [2.75, 3.05) is 5.32 Å². The van der Waals surface area contributed by atoms with E-state index in [0.29, 0.717) is 5.92 Å². The smallest absolute Gasteiger partial charge is 0.0714 e. The molecule has 0 aromatic heterocycles. The minimum Gasteiger partial charge on any atom is -0.356 e. The Morgan fingerprint density at radius 1 is 0.615 bits per heavy atom. The van der Waals surface area contributed by atoms with Crippen LogP contribution in [0.15, 0.2) is 146 Å². The van der Waals surface area contributed by atoms with E-state index in [-0.39, 0.29) is 5.41 Å². The van der Waals surface area contributed by atoms with Crippen molar-refractivity contribution in [2.24, 2.45) is 5.92 Å². The molecular formula is C38H31N. The molecule has 0 aliphatic heterocycles. The Morgan fingerprint density at radius 2 is 1.26 bits per heavy atom. The average Bonchev–Trinajstić information content (AvgIpc) is 3.30. The Balaban J connectivity index is 1.32. The average molecular weight is 502 g/mol. The maximum Gasteiger partial charge on any atom is 0.0714 e. The van der Waals surface area contributed by atoms with Crippen molar-refractivity contribution in [2.45, 2.75) is 18.8 Å². The highest BCUT2D eigenvalue weighted by molar-refractivity contribution is 5.86. The maximum atomic E-state index is 3.69. The minimum absolute atomic E-state index is 0.382. The molecule has 5 aromatic rings. The molecule has 0 saturated carbocycles. The molecule has 1 atom stereocenters. The second-order valence-corrected chi connectivity index (χ2v) is 10.7. The molecule has 1 unspecified atom stereocenters. The van der Waals surface area contributed by atoms with Crippen LogP contribution in [0.1, 0.15) is 41.2 Å². The van der Waals surface area contributed by atoms with Crippen LogP contribution in [0.25, 0.3) is 16.7 Å². The predicted octanol–water partition coefficient (Wildman–Crippen LogP) is 9.77. The Morgan fingerprint density at radius 3 is 1.95 bits per heavy atom. The van der Waals surface area contributed by atoms with Crippen LogP contribution in [-0.4, -0.2) is 0 Å². The van der Waals surface area contributed by atoms with E-state index >= 15 is 0 Å². The summed E-state index contributed by atoms with van der Waals surface area (Å²) in [7, 11) is 0. The van der Waals surface area contributed by atoms with Crippen molar-refractivity contribution in [1.82, 2.24) is 0 Å². The first-order chi connectivity index (χ1) is 19.2. The number of fused-ring (bicyclic) bond motifs is 3.